The van der Waals surface area contributed by atoms with Crippen molar-refractivity contribution >= 4 is 21.5 Å². The Bertz CT molecular complexity index is 1550. The number of H-pyrrole nitrogens is 1. The molecule has 2 N–H and O–H groups in total. The lowest BCUT2D eigenvalue weighted by Gasteiger charge is -2.26. The second-order valence-corrected chi connectivity index (χ2v) is 9.79. The summed E-state index contributed by atoms with van der Waals surface area (Å²) >= 11 is 0. The molecule has 0 amide bonds. The summed E-state index contributed by atoms with van der Waals surface area (Å²) < 4.78 is 18.0. The second-order valence-electron chi connectivity index (χ2n) is 9.79. The monoisotopic (exact) mass is 508 g/mol. The molecule has 6 rings (SSSR count). The smallest absolute Gasteiger partial charge is 0.196 e. The third kappa shape index (κ3) is 5.00. The quantitative estimate of drug-likeness (QED) is 0.229. The van der Waals surface area contributed by atoms with Gasteiger partial charge in [-0.1, -0.05) is 24.6 Å². The zero-order valence-corrected chi connectivity index (χ0v) is 21.6. The number of likely N-dealkylation sites (tertiary alicyclic amines) is 1. The number of fused-ring (bicyclic) bond motifs is 2. The van der Waals surface area contributed by atoms with Crippen molar-refractivity contribution in [3.63, 3.8) is 0 Å². The number of nitrogens with zero attached hydrogens (tertiary/aromatic N) is 1. The number of aromatic amines is 1. The Morgan fingerprint density at radius 1 is 0.789 bits per heavy atom. The van der Waals surface area contributed by atoms with E-state index in [4.69, 9.17) is 14.2 Å². The summed E-state index contributed by atoms with van der Waals surface area (Å²) in [6, 6.07) is 24.0. The molecular weight excluding hydrogens is 476 g/mol. The van der Waals surface area contributed by atoms with Gasteiger partial charge in [-0.2, -0.15) is 0 Å². The molecule has 6 nitrogen and oxygen atoms in total. The molecule has 0 saturated carbocycles. The Morgan fingerprint density at radius 3 is 2.37 bits per heavy atom. The van der Waals surface area contributed by atoms with Crippen LogP contribution in [0.5, 0.6) is 28.9 Å². The molecule has 0 unspecified atom stereocenters. The van der Waals surface area contributed by atoms with Gasteiger partial charge in [-0.25, -0.2) is 0 Å². The van der Waals surface area contributed by atoms with E-state index in [0.29, 0.717) is 6.61 Å². The number of aromatic nitrogens is 1. The van der Waals surface area contributed by atoms with Gasteiger partial charge >= 0.3 is 0 Å². The maximum absolute atomic E-state index is 10.3. The Morgan fingerprint density at radius 2 is 1.55 bits per heavy atom. The van der Waals surface area contributed by atoms with Crippen LogP contribution < -0.4 is 14.2 Å². The van der Waals surface area contributed by atoms with Gasteiger partial charge in [0.05, 0.1) is 7.11 Å². The van der Waals surface area contributed by atoms with E-state index >= 15 is 0 Å². The molecule has 0 aliphatic carbocycles. The SMILES string of the molecule is COc1ccc2c(Oc3ccc(OCCN4CCCCC4)cc3)c(-c3ccc4c[nH]c(O)c4c3)ccc2c1. The van der Waals surface area contributed by atoms with E-state index in [1.54, 1.807) is 13.3 Å². The van der Waals surface area contributed by atoms with Gasteiger partial charge in [0.25, 0.3) is 0 Å². The summed E-state index contributed by atoms with van der Waals surface area (Å²) in [5.41, 5.74) is 1.89. The van der Waals surface area contributed by atoms with Gasteiger partial charge < -0.3 is 24.3 Å². The van der Waals surface area contributed by atoms with Crippen LogP contribution >= 0.6 is 0 Å². The van der Waals surface area contributed by atoms with Crippen molar-refractivity contribution in [3.8, 4) is 40.0 Å². The lowest BCUT2D eigenvalue weighted by Crippen LogP contribution is -2.33. The fourth-order valence-corrected chi connectivity index (χ4v) is 5.22. The van der Waals surface area contributed by atoms with Gasteiger partial charge in [-0.05, 0) is 91.5 Å². The van der Waals surface area contributed by atoms with E-state index in [-0.39, 0.29) is 5.88 Å². The Kier molecular flexibility index (Phi) is 6.80. The van der Waals surface area contributed by atoms with Crippen molar-refractivity contribution in [1.29, 1.82) is 0 Å². The summed E-state index contributed by atoms with van der Waals surface area (Å²) in [4.78, 5) is 5.36. The summed E-state index contributed by atoms with van der Waals surface area (Å²) in [5.74, 6) is 3.26. The highest BCUT2D eigenvalue weighted by Crippen LogP contribution is 2.42. The minimum atomic E-state index is 0.158. The molecule has 2 heterocycles. The van der Waals surface area contributed by atoms with Crippen LogP contribution in [0, 0.1) is 0 Å². The molecule has 0 bridgehead atoms. The van der Waals surface area contributed by atoms with E-state index in [9.17, 15) is 5.11 Å². The summed E-state index contributed by atoms with van der Waals surface area (Å²) in [7, 11) is 1.67. The van der Waals surface area contributed by atoms with Gasteiger partial charge in [0.2, 0.25) is 0 Å². The Balaban J connectivity index is 1.29. The number of piperidine rings is 1. The van der Waals surface area contributed by atoms with E-state index in [1.165, 1.54) is 32.4 Å². The second kappa shape index (κ2) is 10.7. The van der Waals surface area contributed by atoms with Crippen molar-refractivity contribution in [2.24, 2.45) is 0 Å². The molecule has 194 valence electrons. The first kappa shape index (κ1) is 24.2. The number of hydrogen-bond acceptors (Lipinski definition) is 5. The maximum atomic E-state index is 10.3. The molecule has 1 aliphatic rings. The lowest BCUT2D eigenvalue weighted by molar-refractivity contribution is 0.183. The fraction of sp³-hybridized carbons (Fsp3) is 0.250. The van der Waals surface area contributed by atoms with Crippen molar-refractivity contribution in [1.82, 2.24) is 9.88 Å². The molecule has 4 aromatic carbocycles. The molecule has 1 aromatic heterocycles. The van der Waals surface area contributed by atoms with Crippen molar-refractivity contribution < 1.29 is 19.3 Å². The number of benzene rings is 4. The molecule has 6 heteroatoms. The molecule has 1 saturated heterocycles. The molecule has 1 fully saturated rings. The van der Waals surface area contributed by atoms with Crippen LogP contribution in [0.25, 0.3) is 32.7 Å². The third-order valence-electron chi connectivity index (χ3n) is 7.33. The molecule has 0 radical (unpaired) electrons. The van der Waals surface area contributed by atoms with E-state index in [2.05, 4.69) is 22.0 Å². The summed E-state index contributed by atoms with van der Waals surface area (Å²) in [6.07, 6.45) is 5.72. The number of aromatic hydroxyl groups is 1. The summed E-state index contributed by atoms with van der Waals surface area (Å²) in [6.45, 7) is 3.99. The first-order chi connectivity index (χ1) is 18.7. The predicted octanol–water partition coefficient (Wildman–Crippen LogP) is 7.36. The summed E-state index contributed by atoms with van der Waals surface area (Å²) in [5, 5.41) is 14.0. The minimum Gasteiger partial charge on any atom is -0.497 e. The molecule has 0 spiro atoms. The van der Waals surface area contributed by atoms with Crippen LogP contribution in [-0.2, 0) is 0 Å². The maximum Gasteiger partial charge on any atom is 0.196 e. The number of rotatable bonds is 8. The molecule has 0 atom stereocenters. The van der Waals surface area contributed by atoms with E-state index in [0.717, 1.165) is 62.2 Å². The van der Waals surface area contributed by atoms with Crippen molar-refractivity contribution in [2.45, 2.75) is 19.3 Å². The molecule has 38 heavy (non-hydrogen) atoms. The molecule has 5 aromatic rings. The van der Waals surface area contributed by atoms with E-state index < -0.39 is 0 Å². The lowest BCUT2D eigenvalue weighted by atomic mass is 9.98. The number of methoxy groups -OCH3 is 1. The highest BCUT2D eigenvalue weighted by atomic mass is 16.5. The zero-order chi connectivity index (χ0) is 25.9. The fourth-order valence-electron chi connectivity index (χ4n) is 5.22. The van der Waals surface area contributed by atoms with Crippen molar-refractivity contribution in [2.75, 3.05) is 33.4 Å². The number of ether oxygens (including phenoxy) is 3. The van der Waals surface area contributed by atoms with Crippen LogP contribution in [0.4, 0.5) is 0 Å². The normalized spacial score (nSPS) is 14.1. The third-order valence-corrected chi connectivity index (χ3v) is 7.33. The van der Waals surface area contributed by atoms with Crippen molar-refractivity contribution in [3.05, 3.63) is 79.0 Å². The highest BCUT2D eigenvalue weighted by molar-refractivity contribution is 5.98. The first-order valence-electron chi connectivity index (χ1n) is 13.2. The molecule has 1 aliphatic heterocycles. The predicted molar refractivity (Wildman–Crippen MR) is 152 cm³/mol. The van der Waals surface area contributed by atoms with Crippen LogP contribution in [0.2, 0.25) is 0 Å². The Labute approximate surface area is 222 Å². The van der Waals surface area contributed by atoms with Gasteiger partial charge in [0.15, 0.2) is 5.88 Å². The van der Waals surface area contributed by atoms with Gasteiger partial charge in [-0.3, -0.25) is 4.90 Å². The van der Waals surface area contributed by atoms with Gasteiger partial charge in [0, 0.05) is 34.5 Å². The van der Waals surface area contributed by atoms with Crippen LogP contribution in [0.3, 0.4) is 0 Å². The highest BCUT2D eigenvalue weighted by Gasteiger charge is 2.15. The molecular formula is C32H32N2O4. The number of nitrogens with one attached hydrogen (secondary N) is 1. The average Bonchev–Trinajstić information content (AvgIpc) is 3.34. The van der Waals surface area contributed by atoms with Crippen LogP contribution in [-0.4, -0.2) is 48.3 Å². The van der Waals surface area contributed by atoms with Gasteiger partial charge in [0.1, 0.15) is 29.6 Å². The Hall–Kier alpha value is -4.16. The zero-order valence-electron chi connectivity index (χ0n) is 21.6. The minimum absolute atomic E-state index is 0.158. The topological polar surface area (TPSA) is 67.0 Å². The van der Waals surface area contributed by atoms with E-state index in [1.807, 2.05) is 60.7 Å². The average molecular weight is 509 g/mol. The first-order valence-corrected chi connectivity index (χ1v) is 13.2. The number of hydrogen-bond donors (Lipinski definition) is 2. The largest absolute Gasteiger partial charge is 0.497 e. The standard InChI is InChI=1S/C32H32N2O4/c1-36-27-12-14-29-22(19-27)7-13-28(23-5-6-24-21-33-32(35)30(24)20-23)31(29)38-26-10-8-25(9-11-26)37-18-17-34-15-3-2-4-16-34/h5-14,19-21,33,35H,2-4,15-18H2,1H3. The van der Waals surface area contributed by atoms with Crippen LogP contribution in [0.15, 0.2) is 79.0 Å². The van der Waals surface area contributed by atoms with Gasteiger partial charge in [-0.15, -0.1) is 0 Å². The van der Waals surface area contributed by atoms with Crippen LogP contribution in [0.1, 0.15) is 19.3 Å².